The minimum absolute atomic E-state index is 0.170. The molecule has 1 saturated heterocycles. The van der Waals surface area contributed by atoms with Gasteiger partial charge in [0, 0.05) is 25.7 Å². The molecule has 0 aliphatic carbocycles. The van der Waals surface area contributed by atoms with E-state index >= 15 is 0 Å². The molecule has 5 rings (SSSR count). The van der Waals surface area contributed by atoms with Crippen LogP contribution in [-0.4, -0.2) is 58.3 Å². The van der Waals surface area contributed by atoms with Crippen LogP contribution in [0, 0.1) is 0 Å². The Balaban J connectivity index is 1.23. The first-order valence-electron chi connectivity index (χ1n) is 10.6. The van der Waals surface area contributed by atoms with E-state index in [0.29, 0.717) is 18.8 Å². The number of ether oxygens (including phenoxy) is 2. The van der Waals surface area contributed by atoms with Gasteiger partial charge < -0.3 is 19.7 Å². The Morgan fingerprint density at radius 1 is 1.22 bits per heavy atom. The highest BCUT2D eigenvalue weighted by Crippen LogP contribution is 2.33. The molecule has 1 N–H and O–H groups in total. The largest absolute Gasteiger partial charge is 0.454 e. The van der Waals surface area contributed by atoms with E-state index < -0.39 is 0 Å². The molecule has 166 valence electrons. The molecule has 32 heavy (non-hydrogen) atoms. The van der Waals surface area contributed by atoms with Crippen molar-refractivity contribution in [2.45, 2.75) is 24.5 Å². The second-order valence-corrected chi connectivity index (χ2v) is 8.34. The van der Waals surface area contributed by atoms with E-state index in [0.717, 1.165) is 46.4 Å². The summed E-state index contributed by atoms with van der Waals surface area (Å²) in [5.41, 5.74) is 1.68. The van der Waals surface area contributed by atoms with Crippen LogP contribution in [0.5, 0.6) is 11.5 Å². The van der Waals surface area contributed by atoms with E-state index in [1.165, 1.54) is 30.7 Å². The lowest BCUT2D eigenvalue weighted by Gasteiger charge is -2.17. The van der Waals surface area contributed by atoms with Crippen LogP contribution >= 0.6 is 11.8 Å². The minimum atomic E-state index is -0.170. The van der Waals surface area contributed by atoms with Gasteiger partial charge in [0.2, 0.25) is 12.7 Å². The van der Waals surface area contributed by atoms with Crippen molar-refractivity contribution >= 4 is 40.6 Å². The van der Waals surface area contributed by atoms with Crippen LogP contribution in [0.3, 0.4) is 0 Å². The van der Waals surface area contributed by atoms with Crippen LogP contribution in [-0.2, 0) is 11.3 Å². The summed E-state index contributed by atoms with van der Waals surface area (Å²) < 4.78 is 12.5. The normalized spacial score (nSPS) is 15.2. The summed E-state index contributed by atoms with van der Waals surface area (Å²) in [7, 11) is 0. The minimum Gasteiger partial charge on any atom is -0.454 e. The number of hydrogen-bond acceptors (Lipinski definition) is 8. The number of anilines is 1. The molecule has 0 saturated carbocycles. The molecule has 1 aromatic carbocycles. The van der Waals surface area contributed by atoms with Crippen LogP contribution in [0.15, 0.2) is 35.6 Å². The number of aromatic nitrogens is 4. The molecule has 2 aliphatic rings. The molecule has 1 amide bonds. The van der Waals surface area contributed by atoms with Crippen LogP contribution in [0.1, 0.15) is 18.4 Å². The molecule has 0 spiro atoms. The van der Waals surface area contributed by atoms with Gasteiger partial charge in [0.15, 0.2) is 22.3 Å². The van der Waals surface area contributed by atoms with Crippen molar-refractivity contribution < 1.29 is 14.3 Å². The topological polar surface area (TPSA) is 94.4 Å². The maximum atomic E-state index is 12.3. The lowest BCUT2D eigenvalue weighted by atomic mass is 10.2. The second kappa shape index (κ2) is 9.07. The summed E-state index contributed by atoms with van der Waals surface area (Å²) in [5.74, 6) is 2.20. The maximum Gasteiger partial charge on any atom is 0.244 e. The number of carbonyl (C=O) groups is 1. The molecular formula is C22H24N6O3S. The Morgan fingerprint density at radius 2 is 2.06 bits per heavy atom. The molecule has 0 atom stereocenters. The van der Waals surface area contributed by atoms with Crippen molar-refractivity contribution in [2.75, 3.05) is 37.6 Å². The fourth-order valence-electron chi connectivity index (χ4n) is 3.88. The predicted octanol–water partition coefficient (Wildman–Crippen LogP) is 2.71. The third-order valence-corrected chi connectivity index (χ3v) is 6.04. The number of thioether (sulfide) groups is 1. The fourth-order valence-corrected chi connectivity index (χ4v) is 4.23. The Labute approximate surface area is 189 Å². The number of nitrogens with zero attached hydrogens (tertiary/aromatic N) is 5. The maximum absolute atomic E-state index is 12.3. The van der Waals surface area contributed by atoms with Crippen molar-refractivity contribution in [1.29, 1.82) is 0 Å². The van der Waals surface area contributed by atoms with Gasteiger partial charge in [0.05, 0.1) is 18.1 Å². The molecule has 0 bridgehead atoms. The molecule has 9 nitrogen and oxygen atoms in total. The van der Waals surface area contributed by atoms with Crippen molar-refractivity contribution in [3.63, 3.8) is 0 Å². The smallest absolute Gasteiger partial charge is 0.244 e. The molecule has 4 heterocycles. The van der Waals surface area contributed by atoms with Gasteiger partial charge in [-0.15, -0.1) is 0 Å². The highest BCUT2D eigenvalue weighted by atomic mass is 32.2. The molecule has 2 aliphatic heterocycles. The number of rotatable bonds is 7. The summed E-state index contributed by atoms with van der Waals surface area (Å²) in [6.45, 7) is 3.22. The zero-order chi connectivity index (χ0) is 21.9. The van der Waals surface area contributed by atoms with Crippen molar-refractivity contribution in [3.8, 4) is 11.5 Å². The Bertz CT molecular complexity index is 1170. The van der Waals surface area contributed by atoms with Crippen LogP contribution in [0.2, 0.25) is 0 Å². The van der Waals surface area contributed by atoms with E-state index in [1.54, 1.807) is 6.08 Å². The van der Waals surface area contributed by atoms with Gasteiger partial charge in [-0.1, -0.05) is 17.8 Å². The fraction of sp³-hybridized carbons (Fsp3) is 0.364. The van der Waals surface area contributed by atoms with E-state index in [1.807, 2.05) is 35.3 Å². The summed E-state index contributed by atoms with van der Waals surface area (Å²) in [4.78, 5) is 23.9. The van der Waals surface area contributed by atoms with Crippen molar-refractivity contribution in [3.05, 3.63) is 36.0 Å². The zero-order valence-corrected chi connectivity index (χ0v) is 18.6. The summed E-state index contributed by atoms with van der Waals surface area (Å²) in [6, 6.07) is 5.57. The standard InChI is InChI=1S/C22H24N6O3S/c1-32-22-25-20(27-9-2-3-10-27)16-13-24-28(21(16)26-22)11-8-23-19(29)7-5-15-4-6-17-18(12-15)31-14-30-17/h4-7,12-13H,2-3,8-11,14H2,1H3,(H,23,29). The van der Waals surface area contributed by atoms with Crippen molar-refractivity contribution in [2.24, 2.45) is 0 Å². The van der Waals surface area contributed by atoms with E-state index in [-0.39, 0.29) is 12.7 Å². The van der Waals surface area contributed by atoms with Gasteiger partial charge in [-0.25, -0.2) is 14.6 Å². The van der Waals surface area contributed by atoms with Crippen LogP contribution < -0.4 is 19.7 Å². The van der Waals surface area contributed by atoms with Gasteiger partial charge >= 0.3 is 0 Å². The van der Waals surface area contributed by atoms with Crippen LogP contribution in [0.4, 0.5) is 5.82 Å². The monoisotopic (exact) mass is 452 g/mol. The average Bonchev–Trinajstić information content (AvgIpc) is 3.57. The zero-order valence-electron chi connectivity index (χ0n) is 17.8. The number of benzene rings is 1. The molecule has 0 unspecified atom stereocenters. The number of hydrogen-bond donors (Lipinski definition) is 1. The molecular weight excluding hydrogens is 428 g/mol. The molecule has 3 aromatic rings. The van der Waals surface area contributed by atoms with Gasteiger partial charge in [-0.3, -0.25) is 4.79 Å². The summed E-state index contributed by atoms with van der Waals surface area (Å²) in [6.07, 6.45) is 9.43. The number of amides is 1. The Kier molecular flexibility index (Phi) is 5.85. The van der Waals surface area contributed by atoms with E-state index in [2.05, 4.69) is 20.3 Å². The average molecular weight is 453 g/mol. The van der Waals surface area contributed by atoms with Gasteiger partial charge in [0.25, 0.3) is 0 Å². The molecule has 10 heteroatoms. The van der Waals surface area contributed by atoms with Crippen LogP contribution in [0.25, 0.3) is 17.1 Å². The Morgan fingerprint density at radius 3 is 2.91 bits per heavy atom. The summed E-state index contributed by atoms with van der Waals surface area (Å²) >= 11 is 1.52. The summed E-state index contributed by atoms with van der Waals surface area (Å²) in [5, 5.41) is 9.10. The lowest BCUT2D eigenvalue weighted by Crippen LogP contribution is -2.26. The van der Waals surface area contributed by atoms with E-state index in [9.17, 15) is 4.79 Å². The van der Waals surface area contributed by atoms with Gasteiger partial charge in [-0.2, -0.15) is 5.10 Å². The lowest BCUT2D eigenvalue weighted by molar-refractivity contribution is -0.116. The molecule has 0 radical (unpaired) electrons. The second-order valence-electron chi connectivity index (χ2n) is 7.57. The third-order valence-electron chi connectivity index (χ3n) is 5.49. The van der Waals surface area contributed by atoms with Gasteiger partial charge in [-0.05, 0) is 42.9 Å². The van der Waals surface area contributed by atoms with Crippen molar-refractivity contribution in [1.82, 2.24) is 25.1 Å². The first-order chi connectivity index (χ1) is 15.7. The molecule has 1 fully saturated rings. The first-order valence-corrected chi connectivity index (χ1v) is 11.8. The Hall–Kier alpha value is -3.27. The third kappa shape index (κ3) is 4.22. The number of nitrogens with one attached hydrogen (secondary N) is 1. The SMILES string of the molecule is CSc1nc(N2CCCC2)c2cnn(CCNC(=O)C=Cc3ccc4c(c3)OCO4)c2n1. The van der Waals surface area contributed by atoms with E-state index in [4.69, 9.17) is 14.5 Å². The quantitative estimate of drug-likeness (QED) is 0.332. The molecule has 2 aromatic heterocycles. The number of fused-ring (bicyclic) bond motifs is 2. The number of carbonyl (C=O) groups excluding carboxylic acids is 1. The van der Waals surface area contributed by atoms with Gasteiger partial charge in [0.1, 0.15) is 5.82 Å². The first kappa shape index (κ1) is 20.6. The highest BCUT2D eigenvalue weighted by molar-refractivity contribution is 7.98. The predicted molar refractivity (Wildman–Crippen MR) is 123 cm³/mol. The highest BCUT2D eigenvalue weighted by Gasteiger charge is 2.20.